The Morgan fingerprint density at radius 2 is 1.84 bits per heavy atom. The van der Waals surface area contributed by atoms with Crippen molar-refractivity contribution >= 4 is 22.9 Å². The Kier molecular flexibility index (Phi) is 4.90. The van der Waals surface area contributed by atoms with E-state index in [1.807, 2.05) is 6.92 Å². The molecule has 0 aliphatic carbocycles. The summed E-state index contributed by atoms with van der Waals surface area (Å²) in [5.41, 5.74) is 2.51. The second-order valence-electron chi connectivity index (χ2n) is 5.76. The van der Waals surface area contributed by atoms with Crippen LogP contribution < -0.4 is 5.32 Å². The maximum Gasteiger partial charge on any atom is 0.267 e. The van der Waals surface area contributed by atoms with Crippen molar-refractivity contribution < 1.29 is 13.6 Å². The third-order valence-electron chi connectivity index (χ3n) is 3.69. The molecule has 2 aromatic carbocycles. The Morgan fingerprint density at radius 1 is 1.12 bits per heavy atom. The molecule has 0 fully saturated rings. The molecule has 0 aliphatic rings. The highest BCUT2D eigenvalue weighted by molar-refractivity contribution is 7.14. The molecule has 0 radical (unpaired) electrons. The Labute approximate surface area is 148 Å². The molecule has 0 bridgehead atoms. The number of carbonyl (C=O) groups is 1. The van der Waals surface area contributed by atoms with Crippen LogP contribution in [0.4, 0.5) is 14.5 Å². The lowest BCUT2D eigenvalue weighted by Gasteiger charge is -2.06. The van der Waals surface area contributed by atoms with Gasteiger partial charge in [-0.1, -0.05) is 18.2 Å². The highest BCUT2D eigenvalue weighted by Gasteiger charge is 2.17. The molecule has 0 aliphatic heterocycles. The van der Waals surface area contributed by atoms with E-state index in [0.29, 0.717) is 17.0 Å². The van der Waals surface area contributed by atoms with Gasteiger partial charge >= 0.3 is 0 Å². The van der Waals surface area contributed by atoms with Gasteiger partial charge in [-0.15, -0.1) is 11.3 Å². The number of rotatable bonds is 4. The summed E-state index contributed by atoms with van der Waals surface area (Å²) in [7, 11) is 0. The lowest BCUT2D eigenvalue weighted by Crippen LogP contribution is -2.12. The van der Waals surface area contributed by atoms with E-state index in [2.05, 4.69) is 10.3 Å². The molecule has 3 nitrogen and oxygen atoms in total. The minimum atomic E-state index is -0.479. The van der Waals surface area contributed by atoms with Crippen molar-refractivity contribution in [1.29, 1.82) is 0 Å². The summed E-state index contributed by atoms with van der Waals surface area (Å²) in [6, 6.07) is 10.7. The number of thiazole rings is 1. The zero-order valence-electron chi connectivity index (χ0n) is 13.8. The van der Waals surface area contributed by atoms with Crippen molar-refractivity contribution in [2.75, 3.05) is 5.32 Å². The number of anilines is 1. The third kappa shape index (κ3) is 4.09. The van der Waals surface area contributed by atoms with Crippen LogP contribution in [-0.2, 0) is 6.42 Å². The topological polar surface area (TPSA) is 42.0 Å². The van der Waals surface area contributed by atoms with Gasteiger partial charge < -0.3 is 5.32 Å². The molecule has 1 aromatic heterocycles. The summed E-state index contributed by atoms with van der Waals surface area (Å²) in [5.74, 6) is -1.16. The van der Waals surface area contributed by atoms with Crippen LogP contribution in [0.25, 0.3) is 0 Å². The molecule has 0 saturated carbocycles. The van der Waals surface area contributed by atoms with Gasteiger partial charge in [0.2, 0.25) is 0 Å². The number of nitrogens with one attached hydrogen (secondary N) is 1. The summed E-state index contributed by atoms with van der Waals surface area (Å²) in [6.45, 7) is 3.57. The fraction of sp³-hybridized carbons (Fsp3) is 0.158. The van der Waals surface area contributed by atoms with Gasteiger partial charge in [0, 0.05) is 6.42 Å². The summed E-state index contributed by atoms with van der Waals surface area (Å²) < 4.78 is 26.8. The first-order chi connectivity index (χ1) is 11.9. The lowest BCUT2D eigenvalue weighted by molar-refractivity contribution is 0.102. The molecule has 3 aromatic rings. The third-order valence-corrected chi connectivity index (χ3v) is 4.84. The molecule has 0 saturated heterocycles. The molecule has 0 atom stereocenters. The zero-order chi connectivity index (χ0) is 18.0. The molecule has 1 heterocycles. The number of amides is 1. The fourth-order valence-corrected chi connectivity index (χ4v) is 3.42. The van der Waals surface area contributed by atoms with E-state index in [9.17, 15) is 13.6 Å². The molecule has 1 amide bonds. The van der Waals surface area contributed by atoms with Crippen LogP contribution in [0.2, 0.25) is 0 Å². The number of aromatic nitrogens is 1. The molecule has 1 N–H and O–H groups in total. The molecule has 3 rings (SSSR count). The molecule has 0 spiro atoms. The number of hydrogen-bond donors (Lipinski definition) is 1. The maximum atomic E-state index is 13.8. The number of hydrogen-bond acceptors (Lipinski definition) is 3. The summed E-state index contributed by atoms with van der Waals surface area (Å²) in [6.07, 6.45) is 0.512. The van der Waals surface area contributed by atoms with E-state index in [0.717, 1.165) is 16.1 Å². The predicted molar refractivity (Wildman–Crippen MR) is 95.1 cm³/mol. The van der Waals surface area contributed by atoms with Gasteiger partial charge in [0.05, 0.1) is 16.4 Å². The first-order valence-corrected chi connectivity index (χ1v) is 8.52. The molecule has 25 heavy (non-hydrogen) atoms. The first-order valence-electron chi connectivity index (χ1n) is 7.70. The van der Waals surface area contributed by atoms with E-state index < -0.39 is 5.82 Å². The average molecular weight is 358 g/mol. The Morgan fingerprint density at radius 3 is 2.56 bits per heavy atom. The highest BCUT2D eigenvalue weighted by atomic mass is 32.1. The van der Waals surface area contributed by atoms with E-state index in [1.165, 1.54) is 29.5 Å². The Balaban J connectivity index is 1.78. The van der Waals surface area contributed by atoms with E-state index in [1.54, 1.807) is 31.2 Å². The van der Waals surface area contributed by atoms with Crippen molar-refractivity contribution in [1.82, 2.24) is 4.98 Å². The van der Waals surface area contributed by atoms with Crippen LogP contribution in [0.15, 0.2) is 42.5 Å². The molecular weight excluding hydrogens is 342 g/mol. The number of aryl methyl sites for hydroxylation is 2. The van der Waals surface area contributed by atoms with Gasteiger partial charge in [-0.2, -0.15) is 0 Å². The first kappa shape index (κ1) is 17.2. The smallest absolute Gasteiger partial charge is 0.267 e. The number of benzene rings is 2. The van der Waals surface area contributed by atoms with Gasteiger partial charge in [0.1, 0.15) is 16.5 Å². The van der Waals surface area contributed by atoms with Crippen molar-refractivity contribution in [2.24, 2.45) is 0 Å². The summed E-state index contributed by atoms with van der Waals surface area (Å²) in [5, 5.41) is 3.35. The van der Waals surface area contributed by atoms with Crippen LogP contribution in [-0.4, -0.2) is 10.9 Å². The van der Waals surface area contributed by atoms with Crippen LogP contribution in [0.3, 0.4) is 0 Å². The van der Waals surface area contributed by atoms with Crippen LogP contribution in [0, 0.1) is 25.5 Å². The Bertz CT molecular complexity index is 920. The standard InChI is InChI=1S/C19H16F2N2OS/c1-11-3-8-15(21)16(9-11)23-19(24)18-12(2)22-17(25-18)10-13-4-6-14(20)7-5-13/h3-9H,10H2,1-2H3,(H,23,24). The second-order valence-corrected chi connectivity index (χ2v) is 6.85. The van der Waals surface area contributed by atoms with Crippen LogP contribution in [0.5, 0.6) is 0 Å². The van der Waals surface area contributed by atoms with Gasteiger partial charge in [-0.25, -0.2) is 13.8 Å². The molecular formula is C19H16F2N2OS. The molecule has 128 valence electrons. The monoisotopic (exact) mass is 358 g/mol. The fourth-order valence-electron chi connectivity index (χ4n) is 2.43. The molecule has 6 heteroatoms. The van der Waals surface area contributed by atoms with E-state index in [4.69, 9.17) is 0 Å². The van der Waals surface area contributed by atoms with E-state index in [-0.39, 0.29) is 17.4 Å². The normalized spacial score (nSPS) is 10.7. The van der Waals surface area contributed by atoms with Crippen molar-refractivity contribution in [3.8, 4) is 0 Å². The summed E-state index contributed by atoms with van der Waals surface area (Å²) >= 11 is 1.26. The SMILES string of the molecule is Cc1ccc(F)c(NC(=O)c2sc(Cc3ccc(F)cc3)nc2C)c1. The number of carbonyl (C=O) groups excluding carboxylic acids is 1. The zero-order valence-corrected chi connectivity index (χ0v) is 14.6. The number of halogens is 2. The predicted octanol–water partition coefficient (Wildman–Crippen LogP) is 4.88. The Hall–Kier alpha value is -2.60. The van der Waals surface area contributed by atoms with E-state index >= 15 is 0 Å². The lowest BCUT2D eigenvalue weighted by atomic mass is 10.1. The average Bonchev–Trinajstić information content (AvgIpc) is 2.93. The highest BCUT2D eigenvalue weighted by Crippen LogP contribution is 2.23. The van der Waals surface area contributed by atoms with Crippen molar-refractivity contribution in [3.05, 3.63) is 80.8 Å². The van der Waals surface area contributed by atoms with Gasteiger partial charge in [-0.3, -0.25) is 4.79 Å². The number of nitrogens with zero attached hydrogens (tertiary/aromatic N) is 1. The van der Waals surface area contributed by atoms with Gasteiger partial charge in [0.25, 0.3) is 5.91 Å². The maximum absolute atomic E-state index is 13.8. The second kappa shape index (κ2) is 7.11. The summed E-state index contributed by atoms with van der Waals surface area (Å²) in [4.78, 5) is 17.3. The molecule has 0 unspecified atom stereocenters. The largest absolute Gasteiger partial charge is 0.319 e. The van der Waals surface area contributed by atoms with Crippen LogP contribution >= 0.6 is 11.3 Å². The van der Waals surface area contributed by atoms with Gasteiger partial charge in [-0.05, 0) is 49.2 Å². The van der Waals surface area contributed by atoms with Crippen molar-refractivity contribution in [3.63, 3.8) is 0 Å². The quantitative estimate of drug-likeness (QED) is 0.722. The van der Waals surface area contributed by atoms with Crippen LogP contribution in [0.1, 0.15) is 31.5 Å². The van der Waals surface area contributed by atoms with Gasteiger partial charge in [0.15, 0.2) is 0 Å². The minimum absolute atomic E-state index is 0.151. The van der Waals surface area contributed by atoms with Crippen molar-refractivity contribution in [2.45, 2.75) is 20.3 Å². The minimum Gasteiger partial charge on any atom is -0.319 e.